The molecule has 3 amide bonds. The quantitative estimate of drug-likeness (QED) is 0.716. The van der Waals surface area contributed by atoms with Crippen LogP contribution in [0.15, 0.2) is 48.5 Å². The fraction of sp³-hybridized carbons (Fsp3) is 0.444. The zero-order valence-electron chi connectivity index (χ0n) is 19.7. The topological polar surface area (TPSA) is 81.2 Å². The van der Waals surface area contributed by atoms with Crippen LogP contribution in [-0.4, -0.2) is 83.4 Å². The Hall–Kier alpha value is -3.19. The van der Waals surface area contributed by atoms with Crippen molar-refractivity contribution in [3.8, 4) is 11.1 Å². The van der Waals surface area contributed by atoms with Crippen molar-refractivity contribution in [1.29, 1.82) is 0 Å². The van der Waals surface area contributed by atoms with E-state index in [2.05, 4.69) is 0 Å². The maximum absolute atomic E-state index is 12.8. The summed E-state index contributed by atoms with van der Waals surface area (Å²) in [5.41, 5.74) is 3.64. The molecule has 1 N–H and O–H groups in total. The van der Waals surface area contributed by atoms with Crippen LogP contribution in [0, 0.1) is 5.92 Å². The molecule has 2 aliphatic heterocycles. The molecule has 7 heteroatoms. The van der Waals surface area contributed by atoms with Gasteiger partial charge in [0.25, 0.3) is 5.91 Å². The van der Waals surface area contributed by atoms with E-state index in [1.165, 1.54) is 0 Å². The first-order chi connectivity index (χ1) is 16.4. The van der Waals surface area contributed by atoms with E-state index in [4.69, 9.17) is 0 Å². The minimum absolute atomic E-state index is 0.0128. The van der Waals surface area contributed by atoms with E-state index in [-0.39, 0.29) is 48.9 Å². The Kier molecular flexibility index (Phi) is 5.90. The molecule has 5 rings (SSSR count). The number of rotatable bonds is 6. The molecule has 178 valence electrons. The molecule has 1 aliphatic carbocycles. The van der Waals surface area contributed by atoms with Crippen molar-refractivity contribution in [3.63, 3.8) is 0 Å². The van der Waals surface area contributed by atoms with E-state index in [1.54, 1.807) is 28.8 Å². The summed E-state index contributed by atoms with van der Waals surface area (Å²) in [4.78, 5) is 42.8. The molecule has 3 aliphatic rings. The fourth-order valence-corrected chi connectivity index (χ4v) is 5.38. The number of hydrogen-bond donors (Lipinski definition) is 1. The molecule has 1 saturated carbocycles. The average Bonchev–Trinajstić information content (AvgIpc) is 3.64. The molecule has 0 unspecified atom stereocenters. The second kappa shape index (κ2) is 8.87. The van der Waals surface area contributed by atoms with Gasteiger partial charge in [-0.25, -0.2) is 0 Å². The number of carbonyl (C=O) groups excluding carboxylic acids is 3. The Morgan fingerprint density at radius 1 is 1.06 bits per heavy atom. The number of nitrogens with zero attached hydrogens (tertiary/aromatic N) is 3. The molecule has 3 fully saturated rings. The largest absolute Gasteiger partial charge is 0.394 e. The lowest BCUT2D eigenvalue weighted by atomic mass is 9.73. The standard InChI is InChI=1S/C27H31N3O4/c1-28(2)27(34)21-5-3-4-20(13-21)18-8-10-19(11-9-18)26-22-14-29(24(32)12-17-6-7-17)15-25(33)30(22)23(26)16-31/h3-5,8-11,13,17,22-23,26,31H,6-7,12,14-16H2,1-2H3/t22-,23+,26-/m0/s1. The molecule has 3 atom stereocenters. The van der Waals surface area contributed by atoms with Gasteiger partial charge in [0.1, 0.15) is 0 Å². The van der Waals surface area contributed by atoms with Gasteiger partial charge in [-0.3, -0.25) is 14.4 Å². The highest BCUT2D eigenvalue weighted by Gasteiger charge is 2.54. The monoisotopic (exact) mass is 461 g/mol. The molecule has 7 nitrogen and oxygen atoms in total. The summed E-state index contributed by atoms with van der Waals surface area (Å²) in [5.74, 6) is 0.434. The van der Waals surface area contributed by atoms with Crippen LogP contribution in [0.1, 0.15) is 41.1 Å². The van der Waals surface area contributed by atoms with Gasteiger partial charge in [-0.15, -0.1) is 0 Å². The summed E-state index contributed by atoms with van der Waals surface area (Å²) < 4.78 is 0. The predicted molar refractivity (Wildman–Crippen MR) is 128 cm³/mol. The first-order valence-corrected chi connectivity index (χ1v) is 12.0. The predicted octanol–water partition coefficient (Wildman–Crippen LogP) is 2.35. The van der Waals surface area contributed by atoms with Crippen LogP contribution in [0.2, 0.25) is 0 Å². The van der Waals surface area contributed by atoms with E-state index in [0.29, 0.717) is 24.4 Å². The number of aliphatic hydroxyl groups is 1. The highest BCUT2D eigenvalue weighted by molar-refractivity contribution is 5.95. The van der Waals surface area contributed by atoms with Gasteiger partial charge < -0.3 is 19.8 Å². The van der Waals surface area contributed by atoms with Crippen LogP contribution in [0.4, 0.5) is 0 Å². The third-order valence-corrected chi connectivity index (χ3v) is 7.41. The Morgan fingerprint density at radius 3 is 2.44 bits per heavy atom. The first-order valence-electron chi connectivity index (χ1n) is 12.0. The fourth-order valence-electron chi connectivity index (χ4n) is 5.38. The van der Waals surface area contributed by atoms with E-state index >= 15 is 0 Å². The van der Waals surface area contributed by atoms with Crippen molar-refractivity contribution >= 4 is 17.7 Å². The van der Waals surface area contributed by atoms with Crippen molar-refractivity contribution < 1.29 is 19.5 Å². The van der Waals surface area contributed by atoms with Crippen LogP contribution in [0.3, 0.4) is 0 Å². The molecule has 0 aromatic heterocycles. The highest BCUT2D eigenvalue weighted by Crippen LogP contribution is 2.43. The van der Waals surface area contributed by atoms with Crippen LogP contribution in [0.25, 0.3) is 11.1 Å². The van der Waals surface area contributed by atoms with Crippen LogP contribution < -0.4 is 0 Å². The zero-order chi connectivity index (χ0) is 24.0. The Balaban J connectivity index is 1.35. The maximum Gasteiger partial charge on any atom is 0.253 e. The van der Waals surface area contributed by atoms with E-state index in [0.717, 1.165) is 29.5 Å². The Labute approximate surface area is 200 Å². The molecule has 2 aromatic carbocycles. The molecule has 0 spiro atoms. The number of hydrogen-bond acceptors (Lipinski definition) is 4. The third kappa shape index (κ3) is 4.09. The second-order valence-electron chi connectivity index (χ2n) is 9.97. The van der Waals surface area contributed by atoms with E-state index in [1.807, 2.05) is 48.5 Å². The lowest BCUT2D eigenvalue weighted by Gasteiger charge is -2.58. The molecule has 2 saturated heterocycles. The highest BCUT2D eigenvalue weighted by atomic mass is 16.3. The van der Waals surface area contributed by atoms with E-state index in [9.17, 15) is 19.5 Å². The van der Waals surface area contributed by atoms with Gasteiger partial charge in [0.05, 0.1) is 25.2 Å². The van der Waals surface area contributed by atoms with Crippen molar-refractivity contribution in [2.75, 3.05) is 33.8 Å². The third-order valence-electron chi connectivity index (χ3n) is 7.41. The van der Waals surface area contributed by atoms with Crippen LogP contribution >= 0.6 is 0 Å². The number of amides is 3. The zero-order valence-corrected chi connectivity index (χ0v) is 19.7. The van der Waals surface area contributed by atoms with Crippen molar-refractivity contribution in [3.05, 3.63) is 59.7 Å². The minimum Gasteiger partial charge on any atom is -0.394 e. The Bertz CT molecular complexity index is 1110. The number of carbonyl (C=O) groups is 3. The summed E-state index contributed by atoms with van der Waals surface area (Å²) in [6.07, 6.45) is 2.76. The van der Waals surface area contributed by atoms with Gasteiger partial charge in [-0.2, -0.15) is 0 Å². The molecule has 0 radical (unpaired) electrons. The van der Waals surface area contributed by atoms with Gasteiger partial charge >= 0.3 is 0 Å². The number of piperazine rings is 1. The van der Waals surface area contributed by atoms with Gasteiger partial charge in [0.15, 0.2) is 0 Å². The van der Waals surface area contributed by atoms with Crippen molar-refractivity contribution in [1.82, 2.24) is 14.7 Å². The summed E-state index contributed by atoms with van der Waals surface area (Å²) in [6.45, 7) is 0.542. The maximum atomic E-state index is 12.8. The molecular formula is C27H31N3O4. The van der Waals surface area contributed by atoms with Crippen LogP contribution in [-0.2, 0) is 9.59 Å². The first kappa shape index (κ1) is 22.6. The molecule has 0 bridgehead atoms. The number of benzene rings is 2. The summed E-state index contributed by atoms with van der Waals surface area (Å²) >= 11 is 0. The lowest BCUT2D eigenvalue weighted by Crippen LogP contribution is -2.73. The number of aliphatic hydroxyl groups excluding tert-OH is 1. The number of fused-ring (bicyclic) bond motifs is 1. The SMILES string of the molecule is CN(C)C(=O)c1cccc(-c2ccc([C@@H]3[C@@H](CO)N4C(=O)CN(C(=O)CC5CC5)C[C@@H]34)cc2)c1. The van der Waals surface area contributed by atoms with Gasteiger partial charge in [-0.1, -0.05) is 36.4 Å². The smallest absolute Gasteiger partial charge is 0.253 e. The second-order valence-corrected chi connectivity index (χ2v) is 9.97. The van der Waals surface area contributed by atoms with Gasteiger partial charge in [-0.05, 0) is 47.6 Å². The van der Waals surface area contributed by atoms with E-state index < -0.39 is 0 Å². The van der Waals surface area contributed by atoms with Crippen molar-refractivity contribution in [2.45, 2.75) is 37.3 Å². The molecule has 34 heavy (non-hydrogen) atoms. The van der Waals surface area contributed by atoms with Gasteiger partial charge in [0.2, 0.25) is 11.8 Å². The van der Waals surface area contributed by atoms with Crippen LogP contribution in [0.5, 0.6) is 0 Å². The lowest BCUT2D eigenvalue weighted by molar-refractivity contribution is -0.167. The van der Waals surface area contributed by atoms with Gasteiger partial charge in [0, 0.05) is 38.5 Å². The Morgan fingerprint density at radius 2 is 1.79 bits per heavy atom. The average molecular weight is 462 g/mol. The molecular weight excluding hydrogens is 430 g/mol. The van der Waals surface area contributed by atoms with Crippen molar-refractivity contribution in [2.24, 2.45) is 5.92 Å². The summed E-state index contributed by atoms with van der Waals surface area (Å²) in [7, 11) is 3.47. The molecule has 2 heterocycles. The molecule has 2 aromatic rings. The minimum atomic E-state index is -0.259. The summed E-state index contributed by atoms with van der Waals surface area (Å²) in [6, 6.07) is 15.3. The summed E-state index contributed by atoms with van der Waals surface area (Å²) in [5, 5.41) is 10.0. The normalized spacial score (nSPS) is 23.9.